The lowest BCUT2D eigenvalue weighted by atomic mass is 10.2. The summed E-state index contributed by atoms with van der Waals surface area (Å²) in [6.45, 7) is 0.508. The average molecular weight is 471 g/mol. The summed E-state index contributed by atoms with van der Waals surface area (Å²) in [6.07, 6.45) is 0. The molecule has 1 aliphatic heterocycles. The number of anilines is 1. The number of halogens is 2. The molecule has 1 amide bonds. The Morgan fingerprint density at radius 3 is 2.56 bits per heavy atom. The van der Waals surface area contributed by atoms with Crippen molar-refractivity contribution in [3.63, 3.8) is 0 Å². The van der Waals surface area contributed by atoms with E-state index in [1.54, 1.807) is 36.4 Å². The van der Waals surface area contributed by atoms with Crippen molar-refractivity contribution in [2.75, 3.05) is 25.1 Å². The van der Waals surface area contributed by atoms with E-state index < -0.39 is 18.5 Å². The van der Waals surface area contributed by atoms with E-state index in [4.69, 9.17) is 14.2 Å². The summed E-state index contributed by atoms with van der Waals surface area (Å²) in [5.74, 6) is 0.0282. The van der Waals surface area contributed by atoms with Crippen LogP contribution < -0.4 is 14.8 Å². The van der Waals surface area contributed by atoms with Gasteiger partial charge in [-0.05, 0) is 52.3 Å². The van der Waals surface area contributed by atoms with Crippen LogP contribution in [0.25, 0.3) is 0 Å². The van der Waals surface area contributed by atoms with Gasteiger partial charge >= 0.3 is 5.97 Å². The molecule has 0 spiro atoms. The molecule has 1 aliphatic rings. The van der Waals surface area contributed by atoms with E-state index in [1.165, 1.54) is 0 Å². The molecular weight excluding hydrogens is 458 g/mol. The molecular formula is C17H13Br2NO5. The topological polar surface area (TPSA) is 73.9 Å². The molecule has 0 fully saturated rings. The van der Waals surface area contributed by atoms with Crippen LogP contribution in [0, 0.1) is 0 Å². The smallest absolute Gasteiger partial charge is 0.338 e. The zero-order chi connectivity index (χ0) is 17.8. The van der Waals surface area contributed by atoms with Crippen LogP contribution in [0.4, 0.5) is 5.69 Å². The van der Waals surface area contributed by atoms with E-state index in [9.17, 15) is 9.59 Å². The Morgan fingerprint density at radius 1 is 1.04 bits per heavy atom. The van der Waals surface area contributed by atoms with Gasteiger partial charge in [0.25, 0.3) is 5.91 Å². The van der Waals surface area contributed by atoms with Gasteiger partial charge in [-0.15, -0.1) is 0 Å². The molecule has 1 N–H and O–H groups in total. The average Bonchev–Trinajstić information content (AvgIpc) is 2.61. The van der Waals surface area contributed by atoms with Crippen molar-refractivity contribution >= 4 is 49.4 Å². The Kier molecular flexibility index (Phi) is 5.60. The number of rotatable bonds is 4. The zero-order valence-corrected chi connectivity index (χ0v) is 16.1. The Labute approximate surface area is 160 Å². The molecule has 2 aromatic rings. The molecule has 0 saturated carbocycles. The molecule has 0 radical (unpaired) electrons. The number of esters is 1. The van der Waals surface area contributed by atoms with Crippen LogP contribution in [-0.4, -0.2) is 31.7 Å². The molecule has 8 heteroatoms. The molecule has 0 atom stereocenters. The minimum atomic E-state index is -0.609. The van der Waals surface area contributed by atoms with Crippen molar-refractivity contribution < 1.29 is 23.8 Å². The summed E-state index contributed by atoms with van der Waals surface area (Å²) in [5, 5.41) is 2.67. The van der Waals surface area contributed by atoms with Crippen molar-refractivity contribution in [3.05, 3.63) is 50.9 Å². The first-order valence-electron chi connectivity index (χ1n) is 7.34. The number of ether oxygens (including phenoxy) is 3. The number of benzene rings is 2. The summed E-state index contributed by atoms with van der Waals surface area (Å²) in [4.78, 5) is 24.0. The monoisotopic (exact) mass is 469 g/mol. The van der Waals surface area contributed by atoms with Gasteiger partial charge in [0, 0.05) is 8.95 Å². The highest BCUT2D eigenvalue weighted by atomic mass is 79.9. The number of carbonyl (C=O) groups excluding carboxylic acids is 2. The predicted octanol–water partition coefficient (Wildman–Crippen LogP) is 3.78. The highest BCUT2D eigenvalue weighted by Gasteiger charge is 2.17. The van der Waals surface area contributed by atoms with Crippen molar-refractivity contribution in [2.24, 2.45) is 0 Å². The molecule has 2 aromatic carbocycles. The van der Waals surface area contributed by atoms with Crippen LogP contribution in [-0.2, 0) is 9.53 Å². The molecule has 0 bridgehead atoms. The second kappa shape index (κ2) is 7.88. The van der Waals surface area contributed by atoms with Crippen LogP contribution in [0.15, 0.2) is 45.3 Å². The second-order valence-electron chi connectivity index (χ2n) is 5.11. The second-order valence-corrected chi connectivity index (χ2v) is 6.88. The summed E-state index contributed by atoms with van der Waals surface area (Å²) in [7, 11) is 0. The molecule has 0 aromatic heterocycles. The first-order valence-corrected chi connectivity index (χ1v) is 8.93. The van der Waals surface area contributed by atoms with E-state index in [0.29, 0.717) is 40.4 Å². The Hall–Kier alpha value is -2.06. The zero-order valence-electron chi connectivity index (χ0n) is 12.9. The lowest BCUT2D eigenvalue weighted by molar-refractivity contribution is -0.119. The van der Waals surface area contributed by atoms with E-state index in [-0.39, 0.29) is 0 Å². The molecule has 0 saturated heterocycles. The summed E-state index contributed by atoms with van der Waals surface area (Å²) >= 11 is 6.68. The fourth-order valence-electron chi connectivity index (χ4n) is 2.16. The first kappa shape index (κ1) is 17.8. The highest BCUT2D eigenvalue weighted by Crippen LogP contribution is 2.31. The van der Waals surface area contributed by atoms with E-state index >= 15 is 0 Å². The molecule has 130 valence electrons. The third-order valence-electron chi connectivity index (χ3n) is 3.32. The van der Waals surface area contributed by atoms with E-state index in [0.717, 1.165) is 4.47 Å². The van der Waals surface area contributed by atoms with Crippen LogP contribution in [0.2, 0.25) is 0 Å². The van der Waals surface area contributed by atoms with Crippen LogP contribution in [0.3, 0.4) is 0 Å². The summed E-state index contributed by atoms with van der Waals surface area (Å²) in [5.41, 5.74) is 0.880. The van der Waals surface area contributed by atoms with Gasteiger partial charge < -0.3 is 19.5 Å². The lowest BCUT2D eigenvalue weighted by Gasteiger charge is -2.18. The van der Waals surface area contributed by atoms with E-state index in [1.807, 2.05) is 0 Å². The number of hydrogen-bond acceptors (Lipinski definition) is 5. The number of nitrogens with one attached hydrogen (secondary N) is 1. The van der Waals surface area contributed by atoms with Gasteiger partial charge in [-0.1, -0.05) is 15.9 Å². The Balaban J connectivity index is 1.57. The number of carbonyl (C=O) groups is 2. The predicted molar refractivity (Wildman–Crippen MR) is 98.2 cm³/mol. The van der Waals surface area contributed by atoms with Gasteiger partial charge in [-0.2, -0.15) is 0 Å². The Morgan fingerprint density at radius 2 is 1.80 bits per heavy atom. The summed E-state index contributed by atoms with van der Waals surface area (Å²) < 4.78 is 17.5. The number of hydrogen-bond donors (Lipinski definition) is 1. The quantitative estimate of drug-likeness (QED) is 0.688. The maximum Gasteiger partial charge on any atom is 0.338 e. The van der Waals surface area contributed by atoms with Gasteiger partial charge in [0.05, 0.1) is 11.3 Å². The third kappa shape index (κ3) is 4.52. The SMILES string of the molecule is O=C(COC(=O)c1ccc2c(c1)OCCO2)Nc1ccc(Br)cc1Br. The van der Waals surface area contributed by atoms with Crippen LogP contribution in [0.5, 0.6) is 11.5 Å². The third-order valence-corrected chi connectivity index (χ3v) is 4.47. The normalized spacial score (nSPS) is 12.4. The van der Waals surface area contributed by atoms with Crippen molar-refractivity contribution in [1.29, 1.82) is 0 Å². The van der Waals surface area contributed by atoms with Gasteiger partial charge in [0.15, 0.2) is 18.1 Å². The van der Waals surface area contributed by atoms with Crippen molar-refractivity contribution in [2.45, 2.75) is 0 Å². The van der Waals surface area contributed by atoms with Gasteiger partial charge in [-0.25, -0.2) is 4.79 Å². The fourth-order valence-corrected chi connectivity index (χ4v) is 3.31. The molecule has 3 rings (SSSR count). The molecule has 6 nitrogen and oxygen atoms in total. The van der Waals surface area contributed by atoms with Gasteiger partial charge in [0.1, 0.15) is 13.2 Å². The van der Waals surface area contributed by atoms with Crippen LogP contribution in [0.1, 0.15) is 10.4 Å². The standard InChI is InChI=1S/C17H13Br2NO5/c18-11-2-3-13(12(19)8-11)20-16(21)9-25-17(22)10-1-4-14-15(7-10)24-6-5-23-14/h1-4,7-8H,5-6,9H2,(H,20,21). The fraction of sp³-hybridized carbons (Fsp3) is 0.176. The number of amides is 1. The Bertz CT molecular complexity index is 825. The molecule has 25 heavy (non-hydrogen) atoms. The van der Waals surface area contributed by atoms with Crippen molar-refractivity contribution in [3.8, 4) is 11.5 Å². The molecule has 1 heterocycles. The maximum atomic E-state index is 12.1. The lowest BCUT2D eigenvalue weighted by Crippen LogP contribution is -2.21. The largest absolute Gasteiger partial charge is 0.486 e. The van der Waals surface area contributed by atoms with Gasteiger partial charge in [-0.3, -0.25) is 4.79 Å². The highest BCUT2D eigenvalue weighted by molar-refractivity contribution is 9.11. The molecule has 0 aliphatic carbocycles. The maximum absolute atomic E-state index is 12.1. The summed E-state index contributed by atoms with van der Waals surface area (Å²) in [6, 6.07) is 10.1. The van der Waals surface area contributed by atoms with Gasteiger partial charge in [0.2, 0.25) is 0 Å². The minimum Gasteiger partial charge on any atom is -0.486 e. The minimum absolute atomic E-state index is 0.293. The number of fused-ring (bicyclic) bond motifs is 1. The first-order chi connectivity index (χ1) is 12.0. The van der Waals surface area contributed by atoms with Crippen molar-refractivity contribution in [1.82, 2.24) is 0 Å². The van der Waals surface area contributed by atoms with Crippen LogP contribution >= 0.6 is 31.9 Å². The molecule has 0 unspecified atom stereocenters. The van der Waals surface area contributed by atoms with E-state index in [2.05, 4.69) is 37.2 Å².